The van der Waals surface area contributed by atoms with Gasteiger partial charge in [0.05, 0.1) is 5.92 Å². The highest BCUT2D eigenvalue weighted by molar-refractivity contribution is 4.80. The Balaban J connectivity index is 2.48. The van der Waals surface area contributed by atoms with Crippen molar-refractivity contribution in [2.24, 2.45) is 11.7 Å². The third-order valence-corrected chi connectivity index (χ3v) is 3.12. The zero-order valence-corrected chi connectivity index (χ0v) is 9.06. The molecule has 2 atom stereocenters. The highest BCUT2D eigenvalue weighted by Gasteiger charge is 2.42. The maximum atomic E-state index is 12.5. The molecule has 90 valence electrons. The van der Waals surface area contributed by atoms with Crippen LogP contribution in [0.2, 0.25) is 0 Å². The van der Waals surface area contributed by atoms with E-state index in [1.165, 1.54) is 0 Å². The van der Waals surface area contributed by atoms with E-state index in [9.17, 15) is 13.2 Å². The second-order valence-corrected chi connectivity index (χ2v) is 4.30. The fraction of sp³-hybridized carbons (Fsp3) is 1.00. The summed E-state index contributed by atoms with van der Waals surface area (Å²) < 4.78 is 37.5. The fourth-order valence-electron chi connectivity index (χ4n) is 2.10. The molecule has 0 aromatic heterocycles. The Morgan fingerprint density at radius 1 is 1.47 bits per heavy atom. The van der Waals surface area contributed by atoms with Crippen LogP contribution in [-0.2, 0) is 0 Å². The molecule has 0 saturated carbocycles. The molecule has 1 heterocycles. The van der Waals surface area contributed by atoms with Gasteiger partial charge in [0.25, 0.3) is 0 Å². The van der Waals surface area contributed by atoms with Gasteiger partial charge in [-0.1, -0.05) is 0 Å². The molecule has 0 aromatic carbocycles. The summed E-state index contributed by atoms with van der Waals surface area (Å²) in [6.07, 6.45) is -2.36. The molecule has 5 heteroatoms. The van der Waals surface area contributed by atoms with Gasteiger partial charge in [0.2, 0.25) is 0 Å². The van der Waals surface area contributed by atoms with Gasteiger partial charge in [0.15, 0.2) is 0 Å². The van der Waals surface area contributed by atoms with Crippen molar-refractivity contribution in [2.45, 2.75) is 38.4 Å². The molecule has 0 amide bonds. The Hall–Kier alpha value is -0.290. The van der Waals surface area contributed by atoms with Crippen LogP contribution < -0.4 is 5.73 Å². The van der Waals surface area contributed by atoms with Crippen LogP contribution in [0.25, 0.3) is 0 Å². The first-order valence-corrected chi connectivity index (χ1v) is 5.46. The minimum atomic E-state index is -4.04. The normalized spacial score (nSPS) is 26.6. The highest BCUT2D eigenvalue weighted by Crippen LogP contribution is 2.33. The summed E-state index contributed by atoms with van der Waals surface area (Å²) in [7, 11) is 0. The molecule has 2 N–H and O–H groups in total. The zero-order valence-electron chi connectivity index (χ0n) is 9.06. The van der Waals surface area contributed by atoms with Crippen molar-refractivity contribution >= 4 is 0 Å². The first kappa shape index (κ1) is 12.8. The largest absolute Gasteiger partial charge is 0.393 e. The number of likely N-dealkylation sites (tertiary alicyclic amines) is 1. The molecule has 0 aliphatic carbocycles. The molecule has 2 unspecified atom stereocenters. The third-order valence-electron chi connectivity index (χ3n) is 3.12. The lowest BCUT2D eigenvalue weighted by atomic mass is 9.96. The van der Waals surface area contributed by atoms with Crippen molar-refractivity contribution in [3.63, 3.8) is 0 Å². The molecule has 1 aliphatic rings. The topological polar surface area (TPSA) is 29.3 Å². The summed E-state index contributed by atoms with van der Waals surface area (Å²) in [5.41, 5.74) is 5.41. The maximum Gasteiger partial charge on any atom is 0.393 e. The standard InChI is InChI=1S/C10H19F3N2/c1-8(4-5-14)15-6-2-3-9(7-15)10(11,12)13/h8-9H,2-7,14H2,1H3. The minimum absolute atomic E-state index is 0.144. The van der Waals surface area contributed by atoms with Crippen LogP contribution in [-0.4, -0.2) is 36.8 Å². The fourth-order valence-corrected chi connectivity index (χ4v) is 2.10. The van der Waals surface area contributed by atoms with E-state index < -0.39 is 12.1 Å². The molecule has 1 aliphatic heterocycles. The third kappa shape index (κ3) is 3.65. The Morgan fingerprint density at radius 2 is 2.13 bits per heavy atom. The highest BCUT2D eigenvalue weighted by atomic mass is 19.4. The van der Waals surface area contributed by atoms with E-state index >= 15 is 0 Å². The van der Waals surface area contributed by atoms with Crippen LogP contribution in [0.4, 0.5) is 13.2 Å². The average molecular weight is 224 g/mol. The predicted octanol–water partition coefficient (Wildman–Crippen LogP) is 2.00. The SMILES string of the molecule is CC(CCN)N1CCCC(C(F)(F)F)C1. The summed E-state index contributed by atoms with van der Waals surface area (Å²) in [4.78, 5) is 1.91. The minimum Gasteiger partial charge on any atom is -0.330 e. The second-order valence-electron chi connectivity index (χ2n) is 4.30. The number of alkyl halides is 3. The summed E-state index contributed by atoms with van der Waals surface area (Å²) in [6, 6.07) is 0.167. The zero-order chi connectivity index (χ0) is 11.5. The van der Waals surface area contributed by atoms with Crippen LogP contribution in [0, 0.1) is 5.92 Å². The van der Waals surface area contributed by atoms with Gasteiger partial charge in [0, 0.05) is 12.6 Å². The van der Waals surface area contributed by atoms with Gasteiger partial charge >= 0.3 is 6.18 Å². The van der Waals surface area contributed by atoms with Crippen molar-refractivity contribution in [1.29, 1.82) is 0 Å². The first-order valence-electron chi connectivity index (χ1n) is 5.46. The molecule has 1 saturated heterocycles. The van der Waals surface area contributed by atoms with Crippen LogP contribution in [0.5, 0.6) is 0 Å². The lowest BCUT2D eigenvalue weighted by Gasteiger charge is -2.37. The summed E-state index contributed by atoms with van der Waals surface area (Å²) in [6.45, 7) is 3.40. The summed E-state index contributed by atoms with van der Waals surface area (Å²) >= 11 is 0. The molecule has 0 aromatic rings. The van der Waals surface area contributed by atoms with E-state index in [0.29, 0.717) is 13.0 Å². The van der Waals surface area contributed by atoms with E-state index in [0.717, 1.165) is 13.0 Å². The van der Waals surface area contributed by atoms with Gasteiger partial charge in [-0.2, -0.15) is 13.2 Å². The van der Waals surface area contributed by atoms with Gasteiger partial charge in [-0.3, -0.25) is 0 Å². The van der Waals surface area contributed by atoms with Gasteiger partial charge in [-0.15, -0.1) is 0 Å². The van der Waals surface area contributed by atoms with E-state index in [4.69, 9.17) is 5.73 Å². The van der Waals surface area contributed by atoms with Gasteiger partial charge < -0.3 is 10.6 Å². The number of hydrogen-bond acceptors (Lipinski definition) is 2. The van der Waals surface area contributed by atoms with Crippen molar-refractivity contribution in [1.82, 2.24) is 4.90 Å². The Morgan fingerprint density at radius 3 is 2.67 bits per heavy atom. The first-order chi connectivity index (χ1) is 6.95. The molecular formula is C10H19F3N2. The van der Waals surface area contributed by atoms with Gasteiger partial charge in [0.1, 0.15) is 0 Å². The van der Waals surface area contributed by atoms with E-state index in [2.05, 4.69) is 0 Å². The van der Waals surface area contributed by atoms with Crippen molar-refractivity contribution in [3.05, 3.63) is 0 Å². The maximum absolute atomic E-state index is 12.5. The van der Waals surface area contributed by atoms with Crippen molar-refractivity contribution < 1.29 is 13.2 Å². The lowest BCUT2D eigenvalue weighted by Crippen LogP contribution is -2.46. The quantitative estimate of drug-likeness (QED) is 0.794. The van der Waals surface area contributed by atoms with Crippen molar-refractivity contribution in [3.8, 4) is 0 Å². The number of nitrogens with two attached hydrogens (primary N) is 1. The van der Waals surface area contributed by atoms with Gasteiger partial charge in [-0.25, -0.2) is 0 Å². The predicted molar refractivity (Wildman–Crippen MR) is 53.5 cm³/mol. The van der Waals surface area contributed by atoms with Crippen molar-refractivity contribution in [2.75, 3.05) is 19.6 Å². The molecule has 15 heavy (non-hydrogen) atoms. The second kappa shape index (κ2) is 5.16. The number of hydrogen-bond donors (Lipinski definition) is 1. The molecule has 0 radical (unpaired) electrons. The average Bonchev–Trinajstić information content (AvgIpc) is 2.17. The summed E-state index contributed by atoms with van der Waals surface area (Å²) in [5.74, 6) is -1.15. The number of rotatable bonds is 3. The van der Waals surface area contributed by atoms with E-state index in [1.807, 2.05) is 11.8 Å². The number of halogens is 3. The molecule has 1 rings (SSSR count). The van der Waals surface area contributed by atoms with Crippen LogP contribution in [0.1, 0.15) is 26.2 Å². The smallest absolute Gasteiger partial charge is 0.330 e. The Bertz CT molecular complexity index is 194. The molecular weight excluding hydrogens is 205 g/mol. The lowest BCUT2D eigenvalue weighted by molar-refractivity contribution is -0.188. The van der Waals surface area contributed by atoms with Crippen LogP contribution in [0.15, 0.2) is 0 Å². The molecule has 0 spiro atoms. The molecule has 2 nitrogen and oxygen atoms in total. The van der Waals surface area contributed by atoms with Crippen LogP contribution in [0.3, 0.4) is 0 Å². The Labute approximate surface area is 88.6 Å². The van der Waals surface area contributed by atoms with E-state index in [1.54, 1.807) is 0 Å². The van der Waals surface area contributed by atoms with Gasteiger partial charge in [-0.05, 0) is 39.3 Å². The molecule has 1 fully saturated rings. The van der Waals surface area contributed by atoms with Crippen LogP contribution >= 0.6 is 0 Å². The monoisotopic (exact) mass is 224 g/mol. The van der Waals surface area contributed by atoms with E-state index in [-0.39, 0.29) is 19.0 Å². The number of piperidine rings is 1. The summed E-state index contributed by atoms with van der Waals surface area (Å²) in [5, 5.41) is 0. The Kier molecular flexibility index (Phi) is 4.40. The molecule has 0 bridgehead atoms. The number of nitrogens with zero attached hydrogens (tertiary/aromatic N) is 1.